The number of hydrogen-bond acceptors (Lipinski definition) is 3. The molecule has 3 aromatic rings. The van der Waals surface area contributed by atoms with Gasteiger partial charge >= 0.3 is 0 Å². The topological polar surface area (TPSA) is 21.1 Å². The van der Waals surface area contributed by atoms with Crippen LogP contribution in [0, 0.1) is 5.82 Å². The SMILES string of the molecule is CSc1ccc(-n2nccc2C2=CN(c3ccc(F)cc3)CCC2)cc1. The van der Waals surface area contributed by atoms with E-state index in [4.69, 9.17) is 0 Å². The Balaban J connectivity index is 1.66. The molecule has 5 heteroatoms. The number of thioether (sulfide) groups is 1. The average molecular weight is 365 g/mol. The number of benzene rings is 2. The first-order valence-electron chi connectivity index (χ1n) is 8.66. The van der Waals surface area contributed by atoms with E-state index >= 15 is 0 Å². The Morgan fingerprint density at radius 1 is 0.962 bits per heavy atom. The van der Waals surface area contributed by atoms with E-state index in [0.29, 0.717) is 0 Å². The van der Waals surface area contributed by atoms with Crippen molar-refractivity contribution < 1.29 is 4.39 Å². The molecule has 2 heterocycles. The molecular weight excluding hydrogens is 345 g/mol. The van der Waals surface area contributed by atoms with Crippen molar-refractivity contribution in [2.24, 2.45) is 0 Å². The minimum absolute atomic E-state index is 0.207. The maximum Gasteiger partial charge on any atom is 0.123 e. The van der Waals surface area contributed by atoms with Crippen molar-refractivity contribution in [1.82, 2.24) is 9.78 Å². The monoisotopic (exact) mass is 365 g/mol. The van der Waals surface area contributed by atoms with Gasteiger partial charge in [-0.1, -0.05) is 0 Å². The highest BCUT2D eigenvalue weighted by molar-refractivity contribution is 7.98. The summed E-state index contributed by atoms with van der Waals surface area (Å²) in [6.45, 7) is 0.936. The van der Waals surface area contributed by atoms with E-state index in [-0.39, 0.29) is 5.82 Å². The van der Waals surface area contributed by atoms with Crippen LogP contribution in [-0.2, 0) is 0 Å². The molecular formula is C21H20FN3S. The maximum absolute atomic E-state index is 13.2. The van der Waals surface area contributed by atoms with Crippen LogP contribution in [0.3, 0.4) is 0 Å². The van der Waals surface area contributed by atoms with Crippen LogP contribution in [0.2, 0.25) is 0 Å². The van der Waals surface area contributed by atoms with Crippen LogP contribution in [0.25, 0.3) is 11.3 Å². The number of hydrogen-bond donors (Lipinski definition) is 0. The van der Waals surface area contributed by atoms with Crippen LogP contribution in [-0.4, -0.2) is 22.6 Å². The van der Waals surface area contributed by atoms with Crippen LogP contribution in [0.15, 0.2) is 71.9 Å². The van der Waals surface area contributed by atoms with Crippen molar-refractivity contribution in [1.29, 1.82) is 0 Å². The molecule has 26 heavy (non-hydrogen) atoms. The largest absolute Gasteiger partial charge is 0.348 e. The standard InChI is InChI=1S/C21H20FN3S/c1-26-20-10-8-19(9-11-20)25-21(12-13-23-25)16-3-2-14-24(15-16)18-6-4-17(22)5-7-18/h4-13,15H,2-3,14H2,1H3. The van der Waals surface area contributed by atoms with Gasteiger partial charge in [0.15, 0.2) is 0 Å². The van der Waals surface area contributed by atoms with Gasteiger partial charge in [-0.2, -0.15) is 5.10 Å². The van der Waals surface area contributed by atoms with Gasteiger partial charge in [-0.3, -0.25) is 0 Å². The second-order valence-electron chi connectivity index (χ2n) is 6.25. The van der Waals surface area contributed by atoms with E-state index in [1.807, 2.05) is 23.0 Å². The molecule has 0 aliphatic carbocycles. The first-order valence-corrected chi connectivity index (χ1v) is 9.89. The predicted molar refractivity (Wildman–Crippen MR) is 106 cm³/mol. The zero-order valence-electron chi connectivity index (χ0n) is 14.6. The minimum Gasteiger partial charge on any atom is -0.348 e. The minimum atomic E-state index is -0.207. The second-order valence-corrected chi connectivity index (χ2v) is 7.13. The summed E-state index contributed by atoms with van der Waals surface area (Å²) in [5.41, 5.74) is 4.42. The van der Waals surface area contributed by atoms with Gasteiger partial charge in [0.25, 0.3) is 0 Å². The molecule has 0 spiro atoms. The molecule has 0 saturated carbocycles. The van der Waals surface area contributed by atoms with Crippen LogP contribution < -0.4 is 4.90 Å². The van der Waals surface area contributed by atoms with E-state index in [9.17, 15) is 4.39 Å². The Kier molecular flexibility index (Phi) is 4.80. The number of aromatic nitrogens is 2. The summed E-state index contributed by atoms with van der Waals surface area (Å²) in [5.74, 6) is -0.207. The fourth-order valence-electron chi connectivity index (χ4n) is 3.26. The van der Waals surface area contributed by atoms with Gasteiger partial charge < -0.3 is 4.90 Å². The number of anilines is 1. The van der Waals surface area contributed by atoms with Crippen molar-refractivity contribution in [3.8, 4) is 5.69 Å². The van der Waals surface area contributed by atoms with Gasteiger partial charge in [-0.05, 0) is 79.3 Å². The summed E-state index contributed by atoms with van der Waals surface area (Å²) in [7, 11) is 0. The Labute approximate surface area is 157 Å². The van der Waals surface area contributed by atoms with Gasteiger partial charge in [-0.15, -0.1) is 11.8 Å². The highest BCUT2D eigenvalue weighted by Crippen LogP contribution is 2.29. The average Bonchev–Trinajstić information content (AvgIpc) is 3.19. The van der Waals surface area contributed by atoms with E-state index in [1.165, 1.54) is 22.6 Å². The van der Waals surface area contributed by atoms with Crippen LogP contribution >= 0.6 is 11.8 Å². The fraction of sp³-hybridized carbons (Fsp3) is 0.190. The molecule has 3 nitrogen and oxygen atoms in total. The zero-order chi connectivity index (χ0) is 17.9. The van der Waals surface area contributed by atoms with E-state index < -0.39 is 0 Å². The molecule has 4 rings (SSSR count). The van der Waals surface area contributed by atoms with Crippen molar-refractivity contribution in [3.05, 3.63) is 78.5 Å². The van der Waals surface area contributed by atoms with Crippen LogP contribution in [0.1, 0.15) is 18.5 Å². The summed E-state index contributed by atoms with van der Waals surface area (Å²) >= 11 is 1.73. The molecule has 1 aliphatic rings. The third-order valence-corrected chi connectivity index (χ3v) is 5.35. The predicted octanol–water partition coefficient (Wildman–Crippen LogP) is 5.37. The molecule has 1 aromatic heterocycles. The quantitative estimate of drug-likeness (QED) is 0.580. The van der Waals surface area contributed by atoms with Crippen molar-refractivity contribution in [2.45, 2.75) is 17.7 Å². The third kappa shape index (κ3) is 3.40. The molecule has 1 aliphatic heterocycles. The Hall–Kier alpha value is -2.53. The molecule has 0 bridgehead atoms. The van der Waals surface area contributed by atoms with Crippen LogP contribution in [0.4, 0.5) is 10.1 Å². The summed E-state index contributed by atoms with van der Waals surface area (Å²) in [5, 5.41) is 4.53. The van der Waals surface area contributed by atoms with Crippen molar-refractivity contribution in [2.75, 3.05) is 17.7 Å². The molecule has 0 amide bonds. The van der Waals surface area contributed by atoms with Gasteiger partial charge in [0.1, 0.15) is 5.82 Å². The number of rotatable bonds is 4. The molecule has 0 fully saturated rings. The van der Waals surface area contributed by atoms with Crippen molar-refractivity contribution >= 4 is 23.0 Å². The highest BCUT2D eigenvalue weighted by Gasteiger charge is 2.17. The number of halogens is 1. The van der Waals surface area contributed by atoms with E-state index in [0.717, 1.165) is 36.5 Å². The lowest BCUT2D eigenvalue weighted by atomic mass is 10.0. The summed E-state index contributed by atoms with van der Waals surface area (Å²) in [4.78, 5) is 3.42. The van der Waals surface area contributed by atoms with Gasteiger partial charge in [-0.25, -0.2) is 9.07 Å². The molecule has 2 aromatic carbocycles. The molecule has 0 atom stereocenters. The van der Waals surface area contributed by atoms with Crippen molar-refractivity contribution in [3.63, 3.8) is 0 Å². The summed E-state index contributed by atoms with van der Waals surface area (Å²) < 4.78 is 15.2. The third-order valence-electron chi connectivity index (χ3n) is 4.60. The normalized spacial score (nSPS) is 14.4. The van der Waals surface area contributed by atoms with E-state index in [2.05, 4.69) is 52.8 Å². The first-order chi connectivity index (χ1) is 12.7. The maximum atomic E-state index is 13.2. The van der Waals surface area contributed by atoms with E-state index in [1.54, 1.807) is 11.8 Å². The molecule has 0 radical (unpaired) electrons. The lowest BCUT2D eigenvalue weighted by Gasteiger charge is -2.27. The molecule has 0 saturated heterocycles. The lowest BCUT2D eigenvalue weighted by Crippen LogP contribution is -2.22. The lowest BCUT2D eigenvalue weighted by molar-refractivity contribution is 0.627. The number of nitrogens with zero attached hydrogens (tertiary/aromatic N) is 3. The summed E-state index contributed by atoms with van der Waals surface area (Å²) in [6.07, 6.45) is 8.15. The van der Waals surface area contributed by atoms with Gasteiger partial charge in [0, 0.05) is 23.3 Å². The fourth-order valence-corrected chi connectivity index (χ4v) is 3.67. The van der Waals surface area contributed by atoms with Gasteiger partial charge in [0.2, 0.25) is 0 Å². The Bertz CT molecular complexity index is 913. The van der Waals surface area contributed by atoms with Gasteiger partial charge in [0.05, 0.1) is 17.6 Å². The highest BCUT2D eigenvalue weighted by atomic mass is 32.2. The Morgan fingerprint density at radius 2 is 1.69 bits per heavy atom. The number of allylic oxidation sites excluding steroid dienone is 1. The second kappa shape index (κ2) is 7.38. The van der Waals surface area contributed by atoms with Crippen LogP contribution in [0.5, 0.6) is 0 Å². The molecule has 132 valence electrons. The smallest absolute Gasteiger partial charge is 0.123 e. The first kappa shape index (κ1) is 16.9. The summed E-state index contributed by atoms with van der Waals surface area (Å²) in [6, 6.07) is 17.2. The Morgan fingerprint density at radius 3 is 2.42 bits per heavy atom. The molecule has 0 unspecified atom stereocenters. The molecule has 0 N–H and O–H groups in total. The zero-order valence-corrected chi connectivity index (χ0v) is 15.4.